The highest BCUT2D eigenvalue weighted by molar-refractivity contribution is 5.55. The summed E-state index contributed by atoms with van der Waals surface area (Å²) in [5.74, 6) is 0. The van der Waals surface area contributed by atoms with Gasteiger partial charge in [-0.2, -0.15) is 0 Å². The molecule has 0 saturated carbocycles. The molecule has 1 aromatic rings. The second kappa shape index (κ2) is 6.59. The minimum atomic E-state index is -0.503. The van der Waals surface area contributed by atoms with E-state index in [-0.39, 0.29) is 0 Å². The summed E-state index contributed by atoms with van der Waals surface area (Å²) in [6.45, 7) is 9.27. The van der Waals surface area contributed by atoms with Crippen LogP contribution in [0.4, 0.5) is 5.69 Å². The Labute approximate surface area is 123 Å². The van der Waals surface area contributed by atoms with Crippen molar-refractivity contribution in [1.82, 2.24) is 5.32 Å². The molecule has 2 unspecified atom stereocenters. The van der Waals surface area contributed by atoms with E-state index in [1.807, 2.05) is 6.92 Å². The first-order valence-electron chi connectivity index (χ1n) is 7.83. The van der Waals surface area contributed by atoms with Crippen molar-refractivity contribution in [3.05, 3.63) is 29.8 Å². The van der Waals surface area contributed by atoms with E-state index in [1.165, 1.54) is 11.3 Å². The Morgan fingerprint density at radius 1 is 1.30 bits per heavy atom. The Bertz CT molecular complexity index is 431. The maximum absolute atomic E-state index is 10.2. The molecule has 0 bridgehead atoms. The summed E-state index contributed by atoms with van der Waals surface area (Å²) < 4.78 is 0. The Morgan fingerprint density at radius 2 is 2.05 bits per heavy atom. The number of para-hydroxylation sites is 1. The number of rotatable bonds is 4. The summed E-state index contributed by atoms with van der Waals surface area (Å²) in [6, 6.07) is 9.01. The highest BCUT2D eigenvalue weighted by Gasteiger charge is 2.26. The first-order valence-corrected chi connectivity index (χ1v) is 7.83. The Kier molecular flexibility index (Phi) is 5.06. The Morgan fingerprint density at radius 3 is 2.80 bits per heavy atom. The van der Waals surface area contributed by atoms with E-state index in [4.69, 9.17) is 0 Å². The van der Waals surface area contributed by atoms with Crippen molar-refractivity contribution in [3.8, 4) is 0 Å². The second-order valence-electron chi connectivity index (χ2n) is 6.18. The van der Waals surface area contributed by atoms with Gasteiger partial charge in [-0.25, -0.2) is 0 Å². The van der Waals surface area contributed by atoms with Gasteiger partial charge in [-0.1, -0.05) is 25.1 Å². The zero-order valence-electron chi connectivity index (χ0n) is 13.0. The van der Waals surface area contributed by atoms with Gasteiger partial charge in [-0.05, 0) is 51.3 Å². The van der Waals surface area contributed by atoms with Gasteiger partial charge < -0.3 is 15.3 Å². The van der Waals surface area contributed by atoms with Crippen LogP contribution in [0, 0.1) is 0 Å². The molecule has 2 rings (SSSR count). The Balaban J connectivity index is 2.19. The lowest BCUT2D eigenvalue weighted by molar-refractivity contribution is 0.0481. The molecule has 2 N–H and O–H groups in total. The van der Waals surface area contributed by atoms with Crippen molar-refractivity contribution in [3.63, 3.8) is 0 Å². The smallest absolute Gasteiger partial charge is 0.0637 e. The third-order valence-corrected chi connectivity index (χ3v) is 4.32. The maximum Gasteiger partial charge on any atom is 0.0637 e. The molecule has 1 aromatic carbocycles. The summed E-state index contributed by atoms with van der Waals surface area (Å²) in [6.07, 6.45) is 2.79. The van der Waals surface area contributed by atoms with E-state index < -0.39 is 5.60 Å². The van der Waals surface area contributed by atoms with Gasteiger partial charge in [0.2, 0.25) is 0 Å². The van der Waals surface area contributed by atoms with Gasteiger partial charge in [0.15, 0.2) is 0 Å². The fourth-order valence-electron chi connectivity index (χ4n) is 3.06. The second-order valence-corrected chi connectivity index (χ2v) is 6.18. The van der Waals surface area contributed by atoms with E-state index in [2.05, 4.69) is 48.3 Å². The van der Waals surface area contributed by atoms with Crippen LogP contribution in [-0.4, -0.2) is 30.3 Å². The summed E-state index contributed by atoms with van der Waals surface area (Å²) >= 11 is 0. The molecule has 3 heteroatoms. The molecule has 1 fully saturated rings. The van der Waals surface area contributed by atoms with Gasteiger partial charge in [0.1, 0.15) is 0 Å². The van der Waals surface area contributed by atoms with Crippen LogP contribution in [0.15, 0.2) is 24.3 Å². The molecule has 1 aliphatic heterocycles. The van der Waals surface area contributed by atoms with Gasteiger partial charge >= 0.3 is 0 Å². The summed E-state index contributed by atoms with van der Waals surface area (Å²) in [7, 11) is 0. The standard InChI is InChI=1S/C17H28N2O/c1-4-18-14(2)15-8-5-6-9-16(15)19-12-7-10-17(3,20)11-13-19/h5-6,8-9,14,18,20H,4,7,10-13H2,1-3H3. The lowest BCUT2D eigenvalue weighted by Crippen LogP contribution is -2.30. The van der Waals surface area contributed by atoms with Gasteiger partial charge in [0.05, 0.1) is 5.60 Å². The van der Waals surface area contributed by atoms with Crippen LogP contribution >= 0.6 is 0 Å². The quantitative estimate of drug-likeness (QED) is 0.887. The number of nitrogens with one attached hydrogen (secondary N) is 1. The van der Waals surface area contributed by atoms with Crippen molar-refractivity contribution >= 4 is 5.69 Å². The van der Waals surface area contributed by atoms with E-state index in [0.29, 0.717) is 6.04 Å². The monoisotopic (exact) mass is 276 g/mol. The third-order valence-electron chi connectivity index (χ3n) is 4.32. The molecular weight excluding hydrogens is 248 g/mol. The van der Waals surface area contributed by atoms with Crippen LogP contribution in [0.1, 0.15) is 51.6 Å². The molecule has 0 amide bonds. The molecule has 0 aromatic heterocycles. The van der Waals surface area contributed by atoms with Gasteiger partial charge in [0.25, 0.3) is 0 Å². The van der Waals surface area contributed by atoms with Crippen molar-refractivity contribution in [2.24, 2.45) is 0 Å². The third kappa shape index (κ3) is 3.74. The van der Waals surface area contributed by atoms with E-state index in [1.54, 1.807) is 0 Å². The first-order chi connectivity index (χ1) is 9.53. The molecule has 112 valence electrons. The molecule has 1 saturated heterocycles. The highest BCUT2D eigenvalue weighted by Crippen LogP contribution is 2.30. The topological polar surface area (TPSA) is 35.5 Å². The van der Waals surface area contributed by atoms with Crippen molar-refractivity contribution < 1.29 is 5.11 Å². The minimum Gasteiger partial charge on any atom is -0.390 e. The first kappa shape index (κ1) is 15.3. The predicted molar refractivity (Wildman–Crippen MR) is 85.2 cm³/mol. The van der Waals surface area contributed by atoms with Crippen LogP contribution in [0.5, 0.6) is 0 Å². The predicted octanol–water partition coefficient (Wildman–Crippen LogP) is 3.10. The number of hydrogen-bond acceptors (Lipinski definition) is 3. The number of anilines is 1. The van der Waals surface area contributed by atoms with Crippen LogP contribution in [-0.2, 0) is 0 Å². The van der Waals surface area contributed by atoms with Crippen LogP contribution < -0.4 is 10.2 Å². The zero-order chi connectivity index (χ0) is 14.6. The zero-order valence-corrected chi connectivity index (χ0v) is 13.0. The molecule has 2 atom stereocenters. The molecule has 1 heterocycles. The van der Waals surface area contributed by atoms with E-state index in [0.717, 1.165) is 38.9 Å². The SMILES string of the molecule is CCNC(C)c1ccccc1N1CCCC(C)(O)CC1. The lowest BCUT2D eigenvalue weighted by Gasteiger charge is -2.28. The molecule has 0 aliphatic carbocycles. The fourth-order valence-corrected chi connectivity index (χ4v) is 3.06. The fraction of sp³-hybridized carbons (Fsp3) is 0.647. The Hall–Kier alpha value is -1.06. The number of nitrogens with zero attached hydrogens (tertiary/aromatic N) is 1. The van der Waals surface area contributed by atoms with Crippen LogP contribution in [0.3, 0.4) is 0 Å². The molecule has 0 spiro atoms. The number of benzene rings is 1. The minimum absolute atomic E-state index is 0.361. The molecule has 1 aliphatic rings. The molecule has 3 nitrogen and oxygen atoms in total. The van der Waals surface area contributed by atoms with E-state index in [9.17, 15) is 5.11 Å². The van der Waals surface area contributed by atoms with Gasteiger partial charge in [-0.3, -0.25) is 0 Å². The summed E-state index contributed by atoms with van der Waals surface area (Å²) in [4.78, 5) is 2.44. The van der Waals surface area contributed by atoms with Crippen molar-refractivity contribution in [1.29, 1.82) is 0 Å². The molecule has 20 heavy (non-hydrogen) atoms. The highest BCUT2D eigenvalue weighted by atomic mass is 16.3. The van der Waals surface area contributed by atoms with Crippen molar-refractivity contribution in [2.75, 3.05) is 24.5 Å². The van der Waals surface area contributed by atoms with E-state index >= 15 is 0 Å². The van der Waals surface area contributed by atoms with Crippen LogP contribution in [0.2, 0.25) is 0 Å². The van der Waals surface area contributed by atoms with Gasteiger partial charge in [-0.15, -0.1) is 0 Å². The van der Waals surface area contributed by atoms with Crippen molar-refractivity contribution in [2.45, 2.75) is 51.7 Å². The molecular formula is C17H28N2O. The number of aliphatic hydroxyl groups is 1. The van der Waals surface area contributed by atoms with Gasteiger partial charge in [0, 0.05) is 24.8 Å². The lowest BCUT2D eigenvalue weighted by atomic mass is 9.98. The normalized spacial score (nSPS) is 25.3. The van der Waals surface area contributed by atoms with Crippen LogP contribution in [0.25, 0.3) is 0 Å². The average Bonchev–Trinajstić information content (AvgIpc) is 2.60. The summed E-state index contributed by atoms with van der Waals surface area (Å²) in [5, 5.41) is 13.7. The summed E-state index contributed by atoms with van der Waals surface area (Å²) in [5.41, 5.74) is 2.17. The average molecular weight is 276 g/mol. The number of hydrogen-bond donors (Lipinski definition) is 2. The molecule has 0 radical (unpaired) electrons. The maximum atomic E-state index is 10.2. The largest absolute Gasteiger partial charge is 0.390 e.